The Balaban J connectivity index is 1.64. The van der Waals surface area contributed by atoms with Gasteiger partial charge in [0.2, 0.25) is 0 Å². The summed E-state index contributed by atoms with van der Waals surface area (Å²) in [6, 6.07) is 14.2. The van der Waals surface area contributed by atoms with Crippen LogP contribution in [-0.4, -0.2) is 46.0 Å². The molecule has 0 radical (unpaired) electrons. The summed E-state index contributed by atoms with van der Waals surface area (Å²) in [5, 5.41) is 30.6. The first-order valence-corrected chi connectivity index (χ1v) is 9.71. The first-order chi connectivity index (χ1) is 13.5. The quantitative estimate of drug-likeness (QED) is 0.624. The molecular weight excluding hydrogens is 383 g/mol. The number of halogens is 1. The maximum atomic E-state index is 14.4. The van der Waals surface area contributed by atoms with Gasteiger partial charge in [0.1, 0.15) is 30.2 Å². The van der Waals surface area contributed by atoms with E-state index in [0.717, 1.165) is 15.0 Å². The number of fused-ring (bicyclic) bond motifs is 1. The number of carbonyl (C=O) groups is 1. The molecule has 3 N–H and O–H groups in total. The van der Waals surface area contributed by atoms with Crippen LogP contribution in [0.2, 0.25) is 0 Å². The highest BCUT2D eigenvalue weighted by atomic mass is 32.1. The predicted molar refractivity (Wildman–Crippen MR) is 103 cm³/mol. The number of aliphatic hydroxyl groups is 3. The number of ether oxygens (including phenoxy) is 1. The van der Waals surface area contributed by atoms with Gasteiger partial charge >= 0.3 is 0 Å². The smallest absolute Gasteiger partial charge is 0.195 e. The van der Waals surface area contributed by atoms with E-state index in [2.05, 4.69) is 0 Å². The van der Waals surface area contributed by atoms with Gasteiger partial charge in [0.05, 0.1) is 6.61 Å². The molecule has 146 valence electrons. The van der Waals surface area contributed by atoms with E-state index < -0.39 is 36.8 Å². The molecule has 0 bridgehead atoms. The molecule has 0 aliphatic carbocycles. The average molecular weight is 402 g/mol. The maximum Gasteiger partial charge on any atom is 0.195 e. The third-order valence-corrected chi connectivity index (χ3v) is 6.07. The van der Waals surface area contributed by atoms with Crippen LogP contribution in [0.4, 0.5) is 4.39 Å². The number of ketones is 1. The Morgan fingerprint density at radius 2 is 1.89 bits per heavy atom. The Hall–Kier alpha value is -2.16. The summed E-state index contributed by atoms with van der Waals surface area (Å²) in [6.45, 7) is -0.602. The number of rotatable bonds is 4. The molecule has 1 fully saturated rings. The summed E-state index contributed by atoms with van der Waals surface area (Å²) in [5.74, 6) is -1.15. The van der Waals surface area contributed by atoms with Gasteiger partial charge in [-0.2, -0.15) is 0 Å². The fraction of sp³-hybridized carbons (Fsp3) is 0.286. The number of benzene rings is 2. The minimum absolute atomic E-state index is 0.368. The van der Waals surface area contributed by atoms with Gasteiger partial charge in [-0.15, -0.1) is 11.3 Å². The summed E-state index contributed by atoms with van der Waals surface area (Å²) >= 11 is 1.58. The van der Waals surface area contributed by atoms with Gasteiger partial charge in [-0.3, -0.25) is 4.79 Å². The largest absolute Gasteiger partial charge is 0.393 e. The molecule has 4 atom stereocenters. The first-order valence-electron chi connectivity index (χ1n) is 8.90. The van der Waals surface area contributed by atoms with Crippen LogP contribution in [0.15, 0.2) is 48.5 Å². The van der Waals surface area contributed by atoms with Crippen LogP contribution in [0.3, 0.4) is 0 Å². The van der Waals surface area contributed by atoms with Crippen molar-refractivity contribution in [2.45, 2.75) is 30.8 Å². The summed E-state index contributed by atoms with van der Waals surface area (Å²) in [5.41, 5.74) is 0.863. The monoisotopic (exact) mass is 402 g/mol. The van der Waals surface area contributed by atoms with Crippen molar-refractivity contribution < 1.29 is 29.2 Å². The van der Waals surface area contributed by atoms with Crippen molar-refractivity contribution in [2.75, 3.05) is 6.61 Å². The molecule has 1 aliphatic rings. The average Bonchev–Trinajstić information content (AvgIpc) is 3.11. The molecule has 0 spiro atoms. The molecule has 1 aliphatic heterocycles. The zero-order valence-electron chi connectivity index (χ0n) is 14.8. The summed E-state index contributed by atoms with van der Waals surface area (Å²) in [6.07, 6.45) is -5.04. The summed E-state index contributed by atoms with van der Waals surface area (Å²) in [4.78, 5) is 12.8. The molecule has 5 nitrogen and oxygen atoms in total. The second-order valence-electron chi connectivity index (χ2n) is 6.84. The zero-order valence-corrected chi connectivity index (χ0v) is 15.6. The minimum Gasteiger partial charge on any atom is -0.393 e. The lowest BCUT2D eigenvalue weighted by Crippen LogP contribution is -2.52. The fourth-order valence-corrected chi connectivity index (χ4v) is 4.56. The third-order valence-electron chi connectivity index (χ3n) is 4.96. The fourth-order valence-electron chi connectivity index (χ4n) is 3.48. The van der Waals surface area contributed by atoms with Crippen molar-refractivity contribution in [3.8, 4) is 0 Å². The highest BCUT2D eigenvalue weighted by molar-refractivity contribution is 7.19. The van der Waals surface area contributed by atoms with Crippen LogP contribution in [0.1, 0.15) is 22.1 Å². The topological polar surface area (TPSA) is 87.0 Å². The lowest BCUT2D eigenvalue weighted by atomic mass is 9.91. The minimum atomic E-state index is -1.66. The van der Waals surface area contributed by atoms with Gasteiger partial charge in [0.15, 0.2) is 5.78 Å². The van der Waals surface area contributed by atoms with Gasteiger partial charge in [0, 0.05) is 16.0 Å². The molecule has 2 aromatic carbocycles. The predicted octanol–water partition coefficient (Wildman–Crippen LogP) is 2.35. The lowest BCUT2D eigenvalue weighted by Gasteiger charge is -2.35. The van der Waals surface area contributed by atoms with Crippen LogP contribution < -0.4 is 0 Å². The van der Waals surface area contributed by atoms with Crippen molar-refractivity contribution in [2.24, 2.45) is 0 Å². The molecule has 3 aromatic rings. The van der Waals surface area contributed by atoms with Crippen LogP contribution >= 0.6 is 11.3 Å². The normalized spacial score (nSPS) is 25.4. The lowest BCUT2D eigenvalue weighted by molar-refractivity contribution is -0.188. The van der Waals surface area contributed by atoms with Gasteiger partial charge in [0.25, 0.3) is 0 Å². The third kappa shape index (κ3) is 3.47. The molecule has 4 unspecified atom stereocenters. The summed E-state index contributed by atoms with van der Waals surface area (Å²) < 4.78 is 21.0. The van der Waals surface area contributed by atoms with Crippen LogP contribution in [0, 0.1) is 5.82 Å². The van der Waals surface area contributed by atoms with Crippen molar-refractivity contribution in [1.29, 1.82) is 0 Å². The Morgan fingerprint density at radius 3 is 2.64 bits per heavy atom. The second-order valence-corrected chi connectivity index (χ2v) is 8.01. The van der Waals surface area contributed by atoms with E-state index in [1.54, 1.807) is 17.4 Å². The molecule has 4 rings (SSSR count). The summed E-state index contributed by atoms with van der Waals surface area (Å²) in [7, 11) is 0. The molecule has 1 saturated heterocycles. The van der Waals surface area contributed by atoms with Crippen LogP contribution in [0.5, 0.6) is 0 Å². The number of Topliss-reactive ketones (excluding diaryl/α,β-unsaturated/α-hetero) is 1. The Labute approximate surface area is 164 Å². The number of hydrogen-bond acceptors (Lipinski definition) is 6. The molecule has 28 heavy (non-hydrogen) atoms. The number of aliphatic hydroxyl groups excluding tert-OH is 3. The second kappa shape index (κ2) is 7.69. The molecule has 2 heterocycles. The van der Waals surface area contributed by atoms with Gasteiger partial charge in [-0.05, 0) is 40.8 Å². The maximum absolute atomic E-state index is 14.4. The van der Waals surface area contributed by atoms with Crippen LogP contribution in [0.25, 0.3) is 10.1 Å². The van der Waals surface area contributed by atoms with Crippen molar-refractivity contribution >= 4 is 27.2 Å². The van der Waals surface area contributed by atoms with E-state index in [-0.39, 0.29) is 5.82 Å². The van der Waals surface area contributed by atoms with E-state index in [0.29, 0.717) is 17.5 Å². The van der Waals surface area contributed by atoms with E-state index in [4.69, 9.17) is 4.74 Å². The molecule has 0 saturated carbocycles. The van der Waals surface area contributed by atoms with Gasteiger partial charge in [-0.1, -0.05) is 24.3 Å². The SMILES string of the molecule is O=C1C(CO)OC(c2ccc(F)c(Cc3cc4ccccc4s3)c2)C(O)C1O. The highest BCUT2D eigenvalue weighted by Gasteiger charge is 2.43. The molecular formula is C21H19FO5S. The first kappa shape index (κ1) is 19.2. The van der Waals surface area contributed by atoms with E-state index in [1.807, 2.05) is 30.3 Å². The van der Waals surface area contributed by atoms with Gasteiger partial charge in [-0.25, -0.2) is 4.39 Å². The molecule has 7 heteroatoms. The Bertz CT molecular complexity index is 980. The number of carbonyl (C=O) groups excluding carboxylic acids is 1. The number of hydrogen-bond donors (Lipinski definition) is 3. The van der Waals surface area contributed by atoms with E-state index in [9.17, 15) is 24.5 Å². The van der Waals surface area contributed by atoms with E-state index in [1.165, 1.54) is 12.1 Å². The number of thiophene rings is 1. The Kier molecular flexibility index (Phi) is 5.27. The van der Waals surface area contributed by atoms with Crippen molar-refractivity contribution in [1.82, 2.24) is 0 Å². The highest BCUT2D eigenvalue weighted by Crippen LogP contribution is 2.33. The Morgan fingerprint density at radius 1 is 1.11 bits per heavy atom. The zero-order chi connectivity index (χ0) is 19.8. The van der Waals surface area contributed by atoms with Gasteiger partial charge < -0.3 is 20.1 Å². The van der Waals surface area contributed by atoms with E-state index >= 15 is 0 Å². The standard InChI is InChI=1S/C21H19FO5S/c22-15-6-5-12(21-20(26)19(25)18(24)16(10-23)27-21)7-13(15)9-14-8-11-3-1-2-4-17(11)28-14/h1-8,16,19-21,23,25-26H,9-10H2. The van der Waals surface area contributed by atoms with Crippen LogP contribution in [-0.2, 0) is 16.0 Å². The molecule has 1 aromatic heterocycles. The molecule has 0 amide bonds. The van der Waals surface area contributed by atoms with Crippen molar-refractivity contribution in [3.05, 3.63) is 70.4 Å². The van der Waals surface area contributed by atoms with Crippen molar-refractivity contribution in [3.63, 3.8) is 0 Å².